The summed E-state index contributed by atoms with van der Waals surface area (Å²) in [4.78, 5) is 11.6. The lowest BCUT2D eigenvalue weighted by Gasteiger charge is -2.11. The monoisotopic (exact) mass is 538 g/mol. The summed E-state index contributed by atoms with van der Waals surface area (Å²) in [6.45, 7) is 2.99. The number of rotatable bonds is 5. The largest absolute Gasteiger partial charge is 0.456 e. The van der Waals surface area contributed by atoms with Crippen LogP contribution in [-0.4, -0.2) is 33.5 Å². The Morgan fingerprint density at radius 2 is 1.59 bits per heavy atom. The molecule has 1 amide bonds. The maximum atomic E-state index is 12.9. The van der Waals surface area contributed by atoms with Gasteiger partial charge >= 0.3 is 0 Å². The van der Waals surface area contributed by atoms with Gasteiger partial charge in [0.15, 0.2) is 0 Å². The molecule has 4 N–H and O–H groups in total. The van der Waals surface area contributed by atoms with Crippen LogP contribution >= 0.6 is 0 Å². The Balaban J connectivity index is 1.76. The second-order valence-corrected chi connectivity index (χ2v) is 11.8. The molecule has 0 radical (unpaired) electrons. The quantitative estimate of drug-likeness (QED) is 0.330. The number of benzene rings is 3. The van der Waals surface area contributed by atoms with Crippen LogP contribution in [0.5, 0.6) is 0 Å². The number of furan rings is 1. The molecular formula is C26H22N2O7S2. The summed E-state index contributed by atoms with van der Waals surface area (Å²) in [6.07, 6.45) is 0. The molecule has 11 heteroatoms. The van der Waals surface area contributed by atoms with Crippen LogP contribution in [0.1, 0.15) is 29.8 Å². The Morgan fingerprint density at radius 3 is 2.24 bits per heavy atom. The summed E-state index contributed by atoms with van der Waals surface area (Å²) in [6, 6.07) is 18.1. The molecule has 0 atom stereocenters. The number of fused-ring (bicyclic) bond motifs is 1. The summed E-state index contributed by atoms with van der Waals surface area (Å²) >= 11 is 0. The predicted molar refractivity (Wildman–Crippen MR) is 137 cm³/mol. The summed E-state index contributed by atoms with van der Waals surface area (Å²) in [5.74, 6) is 4.95. The zero-order chi connectivity index (χ0) is 27.0. The number of para-hydroxylation sites is 1. The van der Waals surface area contributed by atoms with Crippen molar-refractivity contribution in [3.63, 3.8) is 0 Å². The van der Waals surface area contributed by atoms with E-state index < -0.39 is 41.3 Å². The summed E-state index contributed by atoms with van der Waals surface area (Å²) in [5.41, 5.74) is 0.0458. The maximum Gasteiger partial charge on any atom is 0.265 e. The van der Waals surface area contributed by atoms with Crippen molar-refractivity contribution < 1.29 is 31.2 Å². The lowest BCUT2D eigenvalue weighted by Crippen LogP contribution is -2.32. The summed E-state index contributed by atoms with van der Waals surface area (Å²) in [5, 5.41) is 16.1. The normalized spacial score (nSPS) is 12.1. The zero-order valence-corrected chi connectivity index (χ0v) is 21.4. The summed E-state index contributed by atoms with van der Waals surface area (Å²) in [7, 11) is -8.98. The van der Waals surface area contributed by atoms with Crippen molar-refractivity contribution in [3.8, 4) is 23.2 Å². The van der Waals surface area contributed by atoms with E-state index in [9.17, 15) is 26.7 Å². The summed E-state index contributed by atoms with van der Waals surface area (Å²) < 4.78 is 57.3. The molecule has 0 spiro atoms. The van der Waals surface area contributed by atoms with Gasteiger partial charge < -0.3 is 9.52 Å². The van der Waals surface area contributed by atoms with Crippen molar-refractivity contribution in [1.82, 2.24) is 4.72 Å². The van der Waals surface area contributed by atoms with Crippen LogP contribution in [0.15, 0.2) is 87.0 Å². The first kappa shape index (κ1) is 26.1. The fraction of sp³-hybridized carbons (Fsp3) is 0.115. The van der Waals surface area contributed by atoms with E-state index in [0.717, 1.165) is 17.5 Å². The van der Waals surface area contributed by atoms with Crippen molar-refractivity contribution in [2.75, 3.05) is 0 Å². The van der Waals surface area contributed by atoms with Crippen molar-refractivity contribution in [2.24, 2.45) is 5.14 Å². The molecule has 0 aliphatic heterocycles. The van der Waals surface area contributed by atoms with Crippen LogP contribution < -0.4 is 9.86 Å². The molecular weight excluding hydrogens is 516 g/mol. The molecule has 190 valence electrons. The molecule has 9 nitrogen and oxygen atoms in total. The molecule has 0 aliphatic rings. The number of sulfonamides is 2. The highest BCUT2D eigenvalue weighted by molar-refractivity contribution is 7.92. The minimum absolute atomic E-state index is 0.0726. The standard InChI is InChI=1S/C26H22N2O7S2/c1-26(2,30)14-13-17-15-19(11-12-20(17)22-16-18-7-3-4-8-21(18)35-22)25(29)28-37(33,34)24-10-6-5-9-23(24)36(27,31)32/h3-12,15-16,30H,1-2H3,(H,28,29)(H2,27,31,32). The minimum Gasteiger partial charge on any atom is -0.456 e. The van der Waals surface area contributed by atoms with E-state index in [0.29, 0.717) is 22.5 Å². The first-order chi connectivity index (χ1) is 17.2. The Labute approximate surface area is 214 Å². The molecule has 0 fully saturated rings. The van der Waals surface area contributed by atoms with Gasteiger partial charge in [-0.25, -0.2) is 26.7 Å². The van der Waals surface area contributed by atoms with E-state index in [2.05, 4.69) is 11.8 Å². The minimum atomic E-state index is -4.60. The van der Waals surface area contributed by atoms with Crippen LogP contribution in [0, 0.1) is 11.8 Å². The smallest absolute Gasteiger partial charge is 0.265 e. The first-order valence-electron chi connectivity index (χ1n) is 10.8. The third-order valence-corrected chi connectivity index (χ3v) is 7.64. The Morgan fingerprint density at radius 1 is 0.946 bits per heavy atom. The lowest BCUT2D eigenvalue weighted by atomic mass is 10.0. The van der Waals surface area contributed by atoms with Gasteiger partial charge in [0.2, 0.25) is 10.0 Å². The Kier molecular flexibility index (Phi) is 6.70. The van der Waals surface area contributed by atoms with Gasteiger partial charge in [-0.3, -0.25) is 4.79 Å². The number of carbonyl (C=O) groups is 1. The molecule has 0 saturated heterocycles. The van der Waals surface area contributed by atoms with Crippen LogP contribution in [0.2, 0.25) is 0 Å². The third kappa shape index (κ3) is 5.90. The first-order valence-corrected chi connectivity index (χ1v) is 13.9. The van der Waals surface area contributed by atoms with Crippen LogP contribution in [0.3, 0.4) is 0 Å². The Bertz CT molecular complexity index is 1770. The number of nitrogens with two attached hydrogens (primary N) is 1. The number of hydrogen-bond acceptors (Lipinski definition) is 7. The van der Waals surface area contributed by atoms with Gasteiger partial charge in [-0.15, -0.1) is 0 Å². The van der Waals surface area contributed by atoms with E-state index in [4.69, 9.17) is 9.56 Å². The van der Waals surface area contributed by atoms with Gasteiger partial charge in [0.25, 0.3) is 15.9 Å². The second-order valence-electron chi connectivity index (χ2n) is 8.64. The molecule has 3 aromatic carbocycles. The predicted octanol–water partition coefficient (Wildman–Crippen LogP) is 2.99. The van der Waals surface area contributed by atoms with Gasteiger partial charge in [0, 0.05) is 22.1 Å². The average molecular weight is 539 g/mol. The molecule has 4 rings (SSSR count). The van der Waals surface area contributed by atoms with Crippen LogP contribution in [-0.2, 0) is 20.0 Å². The number of nitrogens with one attached hydrogen (secondary N) is 1. The SMILES string of the molecule is CC(C)(O)C#Cc1cc(C(=O)NS(=O)(=O)c2ccccc2S(N)(=O)=O)ccc1-c1cc2ccccc2o1. The van der Waals surface area contributed by atoms with Gasteiger partial charge in [-0.05, 0) is 56.3 Å². The number of primary sulfonamides is 1. The molecule has 0 bridgehead atoms. The number of amides is 1. The highest BCUT2D eigenvalue weighted by Gasteiger charge is 2.26. The molecule has 0 aliphatic carbocycles. The van der Waals surface area contributed by atoms with Gasteiger partial charge in [0.05, 0.1) is 0 Å². The number of hydrogen-bond donors (Lipinski definition) is 3. The molecule has 1 heterocycles. The fourth-order valence-corrected chi connectivity index (χ4v) is 5.84. The molecule has 37 heavy (non-hydrogen) atoms. The molecule has 0 saturated carbocycles. The van der Waals surface area contributed by atoms with E-state index >= 15 is 0 Å². The van der Waals surface area contributed by atoms with E-state index in [1.54, 1.807) is 18.2 Å². The van der Waals surface area contributed by atoms with Crippen molar-refractivity contribution in [3.05, 3.63) is 83.9 Å². The number of carbonyl (C=O) groups excluding carboxylic acids is 1. The number of aliphatic hydroxyl groups is 1. The molecule has 0 unspecified atom stereocenters. The van der Waals surface area contributed by atoms with Crippen LogP contribution in [0.25, 0.3) is 22.3 Å². The van der Waals surface area contributed by atoms with E-state index in [-0.39, 0.29) is 5.56 Å². The topological polar surface area (TPSA) is 157 Å². The average Bonchev–Trinajstić information content (AvgIpc) is 3.25. The lowest BCUT2D eigenvalue weighted by molar-refractivity contribution is 0.0981. The zero-order valence-electron chi connectivity index (χ0n) is 19.7. The molecule has 4 aromatic rings. The second kappa shape index (κ2) is 9.49. The van der Waals surface area contributed by atoms with E-state index in [1.807, 2.05) is 22.9 Å². The van der Waals surface area contributed by atoms with E-state index in [1.165, 1.54) is 38.1 Å². The van der Waals surface area contributed by atoms with Crippen molar-refractivity contribution in [1.29, 1.82) is 0 Å². The Hall–Kier alpha value is -3.95. The van der Waals surface area contributed by atoms with Crippen LogP contribution in [0.4, 0.5) is 0 Å². The van der Waals surface area contributed by atoms with Crippen molar-refractivity contribution >= 4 is 36.9 Å². The maximum absolute atomic E-state index is 12.9. The van der Waals surface area contributed by atoms with Gasteiger partial charge in [-0.2, -0.15) is 0 Å². The van der Waals surface area contributed by atoms with Gasteiger partial charge in [-0.1, -0.05) is 42.2 Å². The fourth-order valence-electron chi connectivity index (χ4n) is 3.48. The highest BCUT2D eigenvalue weighted by atomic mass is 32.2. The molecule has 1 aromatic heterocycles. The highest BCUT2D eigenvalue weighted by Crippen LogP contribution is 2.31. The van der Waals surface area contributed by atoms with Gasteiger partial charge in [0.1, 0.15) is 26.7 Å². The third-order valence-electron chi connectivity index (χ3n) is 5.15. The van der Waals surface area contributed by atoms with Crippen molar-refractivity contribution in [2.45, 2.75) is 29.2 Å².